The lowest BCUT2D eigenvalue weighted by Gasteiger charge is -2.26. The highest BCUT2D eigenvalue weighted by atomic mass is 35.5. The monoisotopic (exact) mass is 244 g/mol. The molecule has 1 nitrogen and oxygen atoms in total. The Bertz CT molecular complexity index is 304. The molecule has 1 fully saturated rings. The summed E-state index contributed by atoms with van der Waals surface area (Å²) in [7, 11) is 0. The normalized spacial score (nSPS) is 20.1. The van der Waals surface area contributed by atoms with Gasteiger partial charge in [-0.1, -0.05) is 23.7 Å². The zero-order valence-corrected chi connectivity index (χ0v) is 9.97. The van der Waals surface area contributed by atoms with Crippen molar-refractivity contribution in [1.82, 2.24) is 0 Å². The van der Waals surface area contributed by atoms with Crippen molar-refractivity contribution in [2.75, 3.05) is 13.2 Å². The molecule has 1 unspecified atom stereocenters. The standard InChI is InChI=1S/C12H14Cl2O/c13-11-3-1-9(2-4-11)12(14)10-5-7-15-8-6-10/h1-4,10,12H,5-8H2. The molecule has 1 aliphatic heterocycles. The molecule has 2 rings (SSSR count). The van der Waals surface area contributed by atoms with Crippen LogP contribution in [0.2, 0.25) is 5.02 Å². The molecule has 1 saturated heterocycles. The molecule has 1 atom stereocenters. The molecule has 3 heteroatoms. The summed E-state index contributed by atoms with van der Waals surface area (Å²) in [4.78, 5) is 0. The molecule has 0 aliphatic carbocycles. The van der Waals surface area contributed by atoms with Gasteiger partial charge in [-0.2, -0.15) is 0 Å². The van der Waals surface area contributed by atoms with Gasteiger partial charge in [0, 0.05) is 18.2 Å². The number of hydrogen-bond acceptors (Lipinski definition) is 1. The van der Waals surface area contributed by atoms with Crippen LogP contribution >= 0.6 is 23.2 Å². The van der Waals surface area contributed by atoms with Gasteiger partial charge in [0.1, 0.15) is 0 Å². The summed E-state index contributed by atoms with van der Waals surface area (Å²) >= 11 is 12.3. The second-order valence-electron chi connectivity index (χ2n) is 3.90. The van der Waals surface area contributed by atoms with Crippen molar-refractivity contribution >= 4 is 23.2 Å². The molecule has 1 aromatic carbocycles. The zero-order valence-electron chi connectivity index (χ0n) is 8.46. The van der Waals surface area contributed by atoms with Crippen LogP contribution in [0.25, 0.3) is 0 Å². The van der Waals surface area contributed by atoms with Crippen LogP contribution in [0.3, 0.4) is 0 Å². The fraction of sp³-hybridized carbons (Fsp3) is 0.500. The summed E-state index contributed by atoms with van der Waals surface area (Å²) in [6.07, 6.45) is 2.10. The van der Waals surface area contributed by atoms with Crippen molar-refractivity contribution in [3.8, 4) is 0 Å². The Morgan fingerprint density at radius 3 is 2.33 bits per heavy atom. The Hall–Kier alpha value is -0.240. The van der Waals surface area contributed by atoms with Gasteiger partial charge in [0.2, 0.25) is 0 Å². The van der Waals surface area contributed by atoms with E-state index < -0.39 is 0 Å². The maximum Gasteiger partial charge on any atom is 0.0615 e. The Balaban J connectivity index is 2.05. The number of ether oxygens (including phenoxy) is 1. The minimum Gasteiger partial charge on any atom is -0.381 e. The maximum atomic E-state index is 6.44. The largest absolute Gasteiger partial charge is 0.381 e. The average Bonchev–Trinajstić information content (AvgIpc) is 2.30. The second-order valence-corrected chi connectivity index (χ2v) is 4.81. The molecular weight excluding hydrogens is 231 g/mol. The Kier molecular flexibility index (Phi) is 3.90. The van der Waals surface area contributed by atoms with E-state index in [9.17, 15) is 0 Å². The van der Waals surface area contributed by atoms with Crippen molar-refractivity contribution in [2.24, 2.45) is 5.92 Å². The van der Waals surface area contributed by atoms with E-state index in [0.29, 0.717) is 5.92 Å². The summed E-state index contributed by atoms with van der Waals surface area (Å²) in [6, 6.07) is 7.81. The lowest BCUT2D eigenvalue weighted by atomic mass is 9.92. The van der Waals surface area contributed by atoms with E-state index in [1.54, 1.807) is 0 Å². The van der Waals surface area contributed by atoms with Gasteiger partial charge >= 0.3 is 0 Å². The van der Waals surface area contributed by atoms with Gasteiger partial charge in [0.05, 0.1) is 5.38 Å². The average molecular weight is 245 g/mol. The van der Waals surface area contributed by atoms with Crippen molar-refractivity contribution in [2.45, 2.75) is 18.2 Å². The quantitative estimate of drug-likeness (QED) is 0.714. The third-order valence-corrected chi connectivity index (χ3v) is 3.73. The third kappa shape index (κ3) is 2.87. The maximum absolute atomic E-state index is 6.44. The lowest BCUT2D eigenvalue weighted by Crippen LogP contribution is -2.19. The number of alkyl halides is 1. The van der Waals surface area contributed by atoms with Gasteiger partial charge in [-0.05, 0) is 36.5 Å². The molecule has 15 heavy (non-hydrogen) atoms. The summed E-state index contributed by atoms with van der Waals surface area (Å²) in [5.74, 6) is 0.529. The molecule has 1 heterocycles. The number of benzene rings is 1. The van der Waals surface area contributed by atoms with E-state index in [-0.39, 0.29) is 5.38 Å². The minimum atomic E-state index is 0.0890. The first kappa shape index (κ1) is 11.3. The molecule has 0 bridgehead atoms. The van der Waals surface area contributed by atoms with Gasteiger partial charge in [-0.25, -0.2) is 0 Å². The predicted molar refractivity (Wildman–Crippen MR) is 63.6 cm³/mol. The van der Waals surface area contributed by atoms with Gasteiger partial charge in [-0.3, -0.25) is 0 Å². The van der Waals surface area contributed by atoms with Crippen LogP contribution in [-0.4, -0.2) is 13.2 Å². The summed E-state index contributed by atoms with van der Waals surface area (Å²) in [5, 5.41) is 0.848. The van der Waals surface area contributed by atoms with Crippen molar-refractivity contribution in [3.63, 3.8) is 0 Å². The van der Waals surface area contributed by atoms with Crippen LogP contribution in [0.15, 0.2) is 24.3 Å². The molecule has 0 spiro atoms. The molecule has 0 amide bonds. The Morgan fingerprint density at radius 2 is 1.73 bits per heavy atom. The number of rotatable bonds is 2. The Morgan fingerprint density at radius 1 is 1.13 bits per heavy atom. The van der Waals surface area contributed by atoms with Crippen LogP contribution in [0.1, 0.15) is 23.8 Å². The zero-order chi connectivity index (χ0) is 10.7. The fourth-order valence-corrected chi connectivity index (χ4v) is 2.45. The molecular formula is C12H14Cl2O. The van der Waals surface area contributed by atoms with E-state index in [4.69, 9.17) is 27.9 Å². The first-order chi connectivity index (χ1) is 7.27. The van der Waals surface area contributed by atoms with Crippen LogP contribution in [0, 0.1) is 5.92 Å². The van der Waals surface area contributed by atoms with E-state index in [0.717, 1.165) is 36.6 Å². The summed E-state index contributed by atoms with van der Waals surface area (Å²) < 4.78 is 5.33. The van der Waals surface area contributed by atoms with Gasteiger partial charge in [0.15, 0.2) is 0 Å². The molecule has 0 aromatic heterocycles. The molecule has 0 saturated carbocycles. The van der Waals surface area contributed by atoms with Gasteiger partial charge in [0.25, 0.3) is 0 Å². The summed E-state index contributed by atoms with van der Waals surface area (Å²) in [5.41, 5.74) is 1.16. The van der Waals surface area contributed by atoms with Crippen LogP contribution < -0.4 is 0 Å². The lowest BCUT2D eigenvalue weighted by molar-refractivity contribution is 0.0651. The van der Waals surface area contributed by atoms with E-state index in [1.165, 1.54) is 0 Å². The Labute approximate surface area is 100 Å². The van der Waals surface area contributed by atoms with Crippen molar-refractivity contribution in [3.05, 3.63) is 34.9 Å². The van der Waals surface area contributed by atoms with Crippen molar-refractivity contribution in [1.29, 1.82) is 0 Å². The van der Waals surface area contributed by atoms with Gasteiger partial charge < -0.3 is 4.74 Å². The molecule has 1 aromatic rings. The first-order valence-electron chi connectivity index (χ1n) is 5.24. The third-order valence-electron chi connectivity index (χ3n) is 2.87. The molecule has 1 aliphatic rings. The number of hydrogen-bond donors (Lipinski definition) is 0. The molecule has 0 N–H and O–H groups in total. The molecule has 0 radical (unpaired) electrons. The van der Waals surface area contributed by atoms with Crippen LogP contribution in [-0.2, 0) is 4.74 Å². The van der Waals surface area contributed by atoms with E-state index >= 15 is 0 Å². The highest BCUT2D eigenvalue weighted by Gasteiger charge is 2.23. The fourth-order valence-electron chi connectivity index (χ4n) is 1.93. The topological polar surface area (TPSA) is 9.23 Å². The minimum absolute atomic E-state index is 0.0890. The van der Waals surface area contributed by atoms with E-state index in [2.05, 4.69) is 0 Å². The predicted octanol–water partition coefficient (Wildman–Crippen LogP) is 4.05. The summed E-state index contributed by atoms with van der Waals surface area (Å²) in [6.45, 7) is 1.67. The van der Waals surface area contributed by atoms with Crippen LogP contribution in [0.4, 0.5) is 0 Å². The van der Waals surface area contributed by atoms with Gasteiger partial charge in [-0.15, -0.1) is 11.6 Å². The smallest absolute Gasteiger partial charge is 0.0615 e. The molecule has 82 valence electrons. The van der Waals surface area contributed by atoms with E-state index in [1.807, 2.05) is 24.3 Å². The highest BCUT2D eigenvalue weighted by Crippen LogP contribution is 2.35. The van der Waals surface area contributed by atoms with Crippen molar-refractivity contribution < 1.29 is 4.74 Å². The second kappa shape index (κ2) is 5.20. The highest BCUT2D eigenvalue weighted by molar-refractivity contribution is 6.30. The SMILES string of the molecule is Clc1ccc(C(Cl)C2CCOCC2)cc1. The number of halogens is 2. The first-order valence-corrected chi connectivity index (χ1v) is 6.06. The van der Waals surface area contributed by atoms with Crippen LogP contribution in [0.5, 0.6) is 0 Å².